The molecular formula is C5H14N2. The minimum absolute atomic E-state index is 0.227. The largest absolute Gasteiger partial charge is 0.329 e. The van der Waals surface area contributed by atoms with Crippen molar-refractivity contribution in [2.75, 3.05) is 6.54 Å². The molecule has 1 atom stereocenters. The van der Waals surface area contributed by atoms with Gasteiger partial charge in [-0.3, -0.25) is 0 Å². The van der Waals surface area contributed by atoms with E-state index in [2.05, 4.69) is 6.92 Å². The molecule has 0 aromatic heterocycles. The summed E-state index contributed by atoms with van der Waals surface area (Å²) in [6.07, 6.45) is 2.19. The predicted molar refractivity (Wildman–Crippen MR) is 31.9 cm³/mol. The highest BCUT2D eigenvalue weighted by molar-refractivity contribution is 4.58. The van der Waals surface area contributed by atoms with Crippen molar-refractivity contribution in [3.8, 4) is 0 Å². The fraction of sp³-hybridized carbons (Fsp3) is 1.00. The van der Waals surface area contributed by atoms with Gasteiger partial charge in [0.05, 0.1) is 0 Å². The molecular weight excluding hydrogens is 88.1 g/mol. The van der Waals surface area contributed by atoms with Crippen LogP contribution < -0.4 is 11.5 Å². The van der Waals surface area contributed by atoms with Gasteiger partial charge in [0.2, 0.25) is 0 Å². The van der Waals surface area contributed by atoms with E-state index in [4.69, 9.17) is 11.5 Å². The van der Waals surface area contributed by atoms with Crippen molar-refractivity contribution in [1.29, 1.82) is 0 Å². The minimum atomic E-state index is 0.227. The van der Waals surface area contributed by atoms with Gasteiger partial charge in [0.15, 0.2) is 0 Å². The average molecular weight is 102 g/mol. The Labute approximate surface area is 44.9 Å². The van der Waals surface area contributed by atoms with Crippen LogP contribution in [0.1, 0.15) is 19.8 Å². The molecule has 0 aliphatic rings. The molecule has 0 aliphatic heterocycles. The summed E-state index contributed by atoms with van der Waals surface area (Å²) < 4.78 is 0. The molecule has 0 radical (unpaired) electrons. The van der Waals surface area contributed by atoms with Crippen molar-refractivity contribution in [3.63, 3.8) is 0 Å². The van der Waals surface area contributed by atoms with Crippen LogP contribution in [0, 0.1) is 0 Å². The molecule has 44 valence electrons. The third-order valence-electron chi connectivity index (χ3n) is 0.962. The van der Waals surface area contributed by atoms with Gasteiger partial charge in [0.25, 0.3) is 0 Å². The average Bonchev–Trinajstić information content (AvgIpc) is 1.68. The van der Waals surface area contributed by atoms with Crippen molar-refractivity contribution in [2.24, 2.45) is 11.5 Å². The first-order valence-corrected chi connectivity index (χ1v) is 2.77. The third-order valence-corrected chi connectivity index (χ3v) is 0.962. The molecule has 0 unspecified atom stereocenters. The van der Waals surface area contributed by atoms with E-state index in [1.807, 2.05) is 0 Å². The lowest BCUT2D eigenvalue weighted by molar-refractivity contribution is 0.612. The molecule has 2 heteroatoms. The minimum Gasteiger partial charge on any atom is -0.329 e. The molecule has 0 heterocycles. The molecule has 2 nitrogen and oxygen atoms in total. The fourth-order valence-electron chi connectivity index (χ4n) is 0.489. The van der Waals surface area contributed by atoms with Crippen LogP contribution in [0.4, 0.5) is 0 Å². The maximum Gasteiger partial charge on any atom is 0.0162 e. The van der Waals surface area contributed by atoms with Gasteiger partial charge in [-0.15, -0.1) is 0 Å². The molecule has 0 aliphatic carbocycles. The predicted octanol–water partition coefficient (Wildman–Crippen LogP) is 0.0725. The molecule has 0 rings (SSSR count). The maximum atomic E-state index is 5.46. The van der Waals surface area contributed by atoms with E-state index in [9.17, 15) is 0 Å². The number of hydrogen-bond donors (Lipinski definition) is 2. The molecule has 0 bridgehead atoms. The number of hydrogen-bond acceptors (Lipinski definition) is 2. The van der Waals surface area contributed by atoms with Gasteiger partial charge < -0.3 is 11.5 Å². The van der Waals surface area contributed by atoms with Crippen LogP contribution in [0.5, 0.6) is 0 Å². The number of nitrogens with two attached hydrogens (primary N) is 2. The first-order valence-electron chi connectivity index (χ1n) is 2.77. The van der Waals surface area contributed by atoms with Gasteiger partial charge in [0, 0.05) is 12.6 Å². The molecule has 4 N–H and O–H groups in total. The molecule has 7 heavy (non-hydrogen) atoms. The van der Waals surface area contributed by atoms with Crippen molar-refractivity contribution >= 4 is 0 Å². The first kappa shape index (κ1) is 6.92. The van der Waals surface area contributed by atoms with E-state index in [0.717, 1.165) is 12.8 Å². The highest BCUT2D eigenvalue weighted by atomic mass is 14.7. The Kier molecular flexibility index (Phi) is 4.04. The Morgan fingerprint density at radius 3 is 2.29 bits per heavy atom. The summed E-state index contributed by atoms with van der Waals surface area (Å²) in [5.41, 5.74) is 10.7. The van der Waals surface area contributed by atoms with E-state index < -0.39 is 0 Å². The van der Waals surface area contributed by atoms with Gasteiger partial charge in [-0.1, -0.05) is 13.3 Å². The Bertz CT molecular complexity index is 37.1. The van der Waals surface area contributed by atoms with Gasteiger partial charge in [-0.2, -0.15) is 0 Å². The van der Waals surface area contributed by atoms with Crippen LogP contribution in [0.15, 0.2) is 0 Å². The summed E-state index contributed by atoms with van der Waals surface area (Å²) in [6, 6.07) is 0.227. The Morgan fingerprint density at radius 2 is 2.14 bits per heavy atom. The summed E-state index contributed by atoms with van der Waals surface area (Å²) in [5, 5.41) is 0. The van der Waals surface area contributed by atoms with Crippen molar-refractivity contribution < 1.29 is 0 Å². The molecule has 0 saturated heterocycles. The standard InChI is InChI=1S/C5H14N2/c1-2-3-5(7)4-6/h5H,2-4,6-7H2,1H3/t5-/m0/s1. The van der Waals surface area contributed by atoms with Crippen molar-refractivity contribution in [2.45, 2.75) is 25.8 Å². The van der Waals surface area contributed by atoms with Crippen LogP contribution in [-0.2, 0) is 0 Å². The van der Waals surface area contributed by atoms with E-state index in [-0.39, 0.29) is 6.04 Å². The SMILES string of the molecule is CCC[C@H](N)CN. The van der Waals surface area contributed by atoms with Crippen molar-refractivity contribution in [1.82, 2.24) is 0 Å². The highest BCUT2D eigenvalue weighted by Crippen LogP contribution is 1.88. The van der Waals surface area contributed by atoms with Crippen LogP contribution >= 0.6 is 0 Å². The smallest absolute Gasteiger partial charge is 0.0162 e. The van der Waals surface area contributed by atoms with Crippen LogP contribution in [0.25, 0.3) is 0 Å². The molecule has 0 aromatic rings. The summed E-state index contributed by atoms with van der Waals surface area (Å²) >= 11 is 0. The quantitative estimate of drug-likeness (QED) is 0.530. The fourth-order valence-corrected chi connectivity index (χ4v) is 0.489. The van der Waals surface area contributed by atoms with Gasteiger partial charge in [-0.05, 0) is 6.42 Å². The Hall–Kier alpha value is -0.0800. The van der Waals surface area contributed by atoms with E-state index in [1.165, 1.54) is 0 Å². The topological polar surface area (TPSA) is 52.0 Å². The lowest BCUT2D eigenvalue weighted by Crippen LogP contribution is -2.28. The zero-order valence-corrected chi connectivity index (χ0v) is 4.85. The highest BCUT2D eigenvalue weighted by Gasteiger charge is 1.93. The molecule has 0 aromatic carbocycles. The Balaban J connectivity index is 2.83. The van der Waals surface area contributed by atoms with Crippen LogP contribution in [0.2, 0.25) is 0 Å². The van der Waals surface area contributed by atoms with E-state index in [1.54, 1.807) is 0 Å². The summed E-state index contributed by atoms with van der Waals surface area (Å²) in [4.78, 5) is 0. The maximum absolute atomic E-state index is 5.46. The zero-order valence-electron chi connectivity index (χ0n) is 4.85. The lowest BCUT2D eigenvalue weighted by Gasteiger charge is -2.03. The second-order valence-corrected chi connectivity index (χ2v) is 1.78. The summed E-state index contributed by atoms with van der Waals surface area (Å²) in [6.45, 7) is 2.73. The van der Waals surface area contributed by atoms with Crippen LogP contribution in [0.3, 0.4) is 0 Å². The summed E-state index contributed by atoms with van der Waals surface area (Å²) in [5.74, 6) is 0. The molecule has 0 amide bonds. The summed E-state index contributed by atoms with van der Waals surface area (Å²) in [7, 11) is 0. The normalized spacial score (nSPS) is 14.1. The second-order valence-electron chi connectivity index (χ2n) is 1.78. The second kappa shape index (κ2) is 4.09. The van der Waals surface area contributed by atoms with Crippen LogP contribution in [-0.4, -0.2) is 12.6 Å². The Morgan fingerprint density at radius 1 is 1.57 bits per heavy atom. The van der Waals surface area contributed by atoms with Gasteiger partial charge in [-0.25, -0.2) is 0 Å². The first-order chi connectivity index (χ1) is 3.31. The van der Waals surface area contributed by atoms with Gasteiger partial charge >= 0.3 is 0 Å². The number of rotatable bonds is 3. The molecule has 0 saturated carbocycles. The van der Waals surface area contributed by atoms with Gasteiger partial charge in [0.1, 0.15) is 0 Å². The van der Waals surface area contributed by atoms with E-state index >= 15 is 0 Å². The van der Waals surface area contributed by atoms with E-state index in [0.29, 0.717) is 6.54 Å². The zero-order chi connectivity index (χ0) is 5.70. The van der Waals surface area contributed by atoms with Crippen molar-refractivity contribution in [3.05, 3.63) is 0 Å². The molecule has 0 spiro atoms. The lowest BCUT2D eigenvalue weighted by atomic mass is 10.2. The monoisotopic (exact) mass is 102 g/mol. The molecule has 0 fully saturated rings. The third kappa shape index (κ3) is 3.76.